The Balaban J connectivity index is 1.64. The van der Waals surface area contributed by atoms with Gasteiger partial charge < -0.3 is 15.1 Å². The van der Waals surface area contributed by atoms with Crippen LogP contribution in [-0.4, -0.2) is 97.1 Å². The van der Waals surface area contributed by atoms with Crippen molar-refractivity contribution in [3.05, 3.63) is 0 Å². The van der Waals surface area contributed by atoms with Crippen LogP contribution in [0.25, 0.3) is 0 Å². The molecule has 0 amide bonds. The third kappa shape index (κ3) is 4.87. The topological polar surface area (TPSA) is 34.1 Å². The predicted molar refractivity (Wildman–Crippen MR) is 114 cm³/mol. The van der Waals surface area contributed by atoms with Gasteiger partial charge >= 0.3 is 0 Å². The van der Waals surface area contributed by atoms with Crippen molar-refractivity contribution >= 4 is 17.7 Å². The van der Waals surface area contributed by atoms with Gasteiger partial charge in [-0.1, -0.05) is 13.3 Å². The van der Waals surface area contributed by atoms with Gasteiger partial charge in [-0.3, -0.25) is 9.89 Å². The summed E-state index contributed by atoms with van der Waals surface area (Å²) in [7, 11) is 4.22. The van der Waals surface area contributed by atoms with E-state index in [0.717, 1.165) is 30.8 Å². The molecule has 0 radical (unpaired) electrons. The maximum absolute atomic E-state index is 4.65. The molecule has 0 aromatic carbocycles. The number of piperidine rings is 2. The summed E-state index contributed by atoms with van der Waals surface area (Å²) in [6.45, 7) is 10.6. The fraction of sp³-hybridized carbons (Fsp3) is 0.950. The summed E-state index contributed by atoms with van der Waals surface area (Å²) in [6, 6.07) is 0. The van der Waals surface area contributed by atoms with Crippen LogP contribution in [0.2, 0.25) is 0 Å². The van der Waals surface area contributed by atoms with E-state index in [1.165, 1.54) is 70.5 Å². The molecule has 3 heterocycles. The lowest BCUT2D eigenvalue weighted by Crippen LogP contribution is -2.62. The van der Waals surface area contributed by atoms with Gasteiger partial charge in [0.25, 0.3) is 0 Å². The Morgan fingerprint density at radius 2 is 1.85 bits per heavy atom. The van der Waals surface area contributed by atoms with Gasteiger partial charge in [-0.25, -0.2) is 0 Å². The summed E-state index contributed by atoms with van der Waals surface area (Å²) in [5.41, 5.74) is 0.317. The molecule has 3 fully saturated rings. The van der Waals surface area contributed by atoms with Crippen LogP contribution in [0.5, 0.6) is 0 Å². The molecular formula is C20H39N5S. The molecule has 0 bridgehead atoms. The van der Waals surface area contributed by atoms with Crippen LogP contribution >= 0.6 is 11.8 Å². The lowest BCUT2D eigenvalue weighted by Gasteiger charge is -2.50. The minimum Gasteiger partial charge on any atom is -0.354 e. The Morgan fingerprint density at radius 3 is 2.50 bits per heavy atom. The van der Waals surface area contributed by atoms with E-state index in [2.05, 4.69) is 50.7 Å². The van der Waals surface area contributed by atoms with Crippen molar-refractivity contribution in [1.29, 1.82) is 0 Å². The number of likely N-dealkylation sites (tertiary alicyclic amines) is 2. The Labute approximate surface area is 165 Å². The summed E-state index contributed by atoms with van der Waals surface area (Å²) in [5, 5.41) is 4.56. The zero-order valence-electron chi connectivity index (χ0n) is 17.2. The molecule has 3 rings (SSSR count). The number of hydrogen-bond donors (Lipinski definition) is 1. The maximum Gasteiger partial charge on any atom is 0.193 e. The molecule has 0 saturated carbocycles. The molecule has 6 heteroatoms. The van der Waals surface area contributed by atoms with Crippen LogP contribution in [0, 0.1) is 0 Å². The number of aliphatic imine (C=N–C) groups is 1. The fourth-order valence-corrected chi connectivity index (χ4v) is 5.92. The lowest BCUT2D eigenvalue weighted by molar-refractivity contribution is 0.0169. The van der Waals surface area contributed by atoms with Gasteiger partial charge in [-0.05, 0) is 65.3 Å². The molecule has 3 aliphatic heterocycles. The standard InChI is InChI=1S/C20H39N5S/c1-4-18-16-24(14-15-26-18)19(21-2)22-17-20(8-12-23(3)13-9-20)25-10-6-5-7-11-25/h18H,4-17H2,1-3H3,(H,21,22). The minimum atomic E-state index is 0.317. The van der Waals surface area contributed by atoms with E-state index in [4.69, 9.17) is 0 Å². The molecule has 0 spiro atoms. The van der Waals surface area contributed by atoms with Crippen LogP contribution in [0.3, 0.4) is 0 Å². The molecule has 0 aromatic rings. The Kier molecular flexibility index (Phi) is 7.53. The Bertz CT molecular complexity index is 455. The number of hydrogen-bond acceptors (Lipinski definition) is 4. The highest BCUT2D eigenvalue weighted by Gasteiger charge is 2.40. The van der Waals surface area contributed by atoms with Crippen molar-refractivity contribution in [3.63, 3.8) is 0 Å². The van der Waals surface area contributed by atoms with Gasteiger partial charge in [-0.15, -0.1) is 0 Å². The average Bonchev–Trinajstić information content (AvgIpc) is 2.71. The molecule has 1 atom stereocenters. The number of guanidine groups is 1. The van der Waals surface area contributed by atoms with Crippen molar-refractivity contribution in [2.45, 2.75) is 56.2 Å². The molecule has 3 saturated heterocycles. The second-order valence-electron chi connectivity index (χ2n) is 8.32. The van der Waals surface area contributed by atoms with Crippen LogP contribution in [-0.2, 0) is 0 Å². The summed E-state index contributed by atoms with van der Waals surface area (Å²) in [5.74, 6) is 2.35. The number of rotatable bonds is 4. The van der Waals surface area contributed by atoms with Gasteiger partial charge in [0.1, 0.15) is 0 Å². The normalized spacial score (nSPS) is 29.0. The molecule has 3 aliphatic rings. The zero-order chi connectivity index (χ0) is 18.4. The highest BCUT2D eigenvalue weighted by molar-refractivity contribution is 8.00. The molecule has 150 valence electrons. The summed E-state index contributed by atoms with van der Waals surface area (Å²) >= 11 is 2.12. The maximum atomic E-state index is 4.65. The predicted octanol–water partition coefficient (Wildman–Crippen LogP) is 2.34. The largest absolute Gasteiger partial charge is 0.354 e. The summed E-state index contributed by atoms with van der Waals surface area (Å²) in [4.78, 5) is 12.4. The van der Waals surface area contributed by atoms with E-state index in [-0.39, 0.29) is 0 Å². The van der Waals surface area contributed by atoms with Gasteiger partial charge in [0, 0.05) is 43.2 Å². The number of nitrogens with one attached hydrogen (secondary N) is 1. The third-order valence-corrected chi connectivity index (χ3v) is 8.00. The number of nitrogens with zero attached hydrogens (tertiary/aromatic N) is 4. The second kappa shape index (κ2) is 9.65. The zero-order valence-corrected chi connectivity index (χ0v) is 18.0. The van der Waals surface area contributed by atoms with Gasteiger partial charge in [0.15, 0.2) is 5.96 Å². The van der Waals surface area contributed by atoms with Crippen molar-refractivity contribution in [1.82, 2.24) is 20.0 Å². The van der Waals surface area contributed by atoms with Crippen molar-refractivity contribution in [2.24, 2.45) is 4.99 Å². The van der Waals surface area contributed by atoms with E-state index >= 15 is 0 Å². The lowest BCUT2D eigenvalue weighted by atomic mass is 9.84. The summed E-state index contributed by atoms with van der Waals surface area (Å²) < 4.78 is 0. The highest BCUT2D eigenvalue weighted by atomic mass is 32.2. The first-order valence-corrected chi connectivity index (χ1v) is 11.7. The van der Waals surface area contributed by atoms with Gasteiger partial charge in [-0.2, -0.15) is 11.8 Å². The van der Waals surface area contributed by atoms with Crippen molar-refractivity contribution < 1.29 is 0 Å². The SMILES string of the molecule is CCC1CN(C(=NC)NCC2(N3CCCCC3)CCN(C)CC2)CCS1. The summed E-state index contributed by atoms with van der Waals surface area (Å²) in [6.07, 6.45) is 7.96. The third-order valence-electron chi connectivity index (χ3n) is 6.63. The first-order chi connectivity index (χ1) is 12.7. The van der Waals surface area contributed by atoms with E-state index in [0.29, 0.717) is 5.54 Å². The van der Waals surface area contributed by atoms with Crippen LogP contribution in [0.15, 0.2) is 4.99 Å². The van der Waals surface area contributed by atoms with E-state index in [9.17, 15) is 0 Å². The molecule has 1 N–H and O–H groups in total. The Hall–Kier alpha value is -0.460. The fourth-order valence-electron chi connectivity index (χ4n) is 4.74. The Morgan fingerprint density at radius 1 is 1.12 bits per heavy atom. The molecule has 26 heavy (non-hydrogen) atoms. The van der Waals surface area contributed by atoms with E-state index in [1.54, 1.807) is 0 Å². The van der Waals surface area contributed by atoms with Crippen LogP contribution in [0.4, 0.5) is 0 Å². The molecule has 1 unspecified atom stereocenters. The highest BCUT2D eigenvalue weighted by Crippen LogP contribution is 2.31. The molecule has 0 aromatic heterocycles. The molecular weight excluding hydrogens is 342 g/mol. The van der Waals surface area contributed by atoms with Crippen LogP contribution < -0.4 is 5.32 Å². The molecule has 0 aliphatic carbocycles. The van der Waals surface area contributed by atoms with E-state index in [1.807, 2.05) is 7.05 Å². The first kappa shape index (κ1) is 20.3. The monoisotopic (exact) mass is 381 g/mol. The number of thioether (sulfide) groups is 1. The smallest absolute Gasteiger partial charge is 0.193 e. The van der Waals surface area contributed by atoms with Gasteiger partial charge in [0.05, 0.1) is 0 Å². The quantitative estimate of drug-likeness (QED) is 0.597. The van der Waals surface area contributed by atoms with Crippen molar-refractivity contribution in [2.75, 3.05) is 65.7 Å². The first-order valence-electron chi connectivity index (χ1n) is 10.7. The van der Waals surface area contributed by atoms with Gasteiger partial charge in [0.2, 0.25) is 0 Å². The average molecular weight is 382 g/mol. The second-order valence-corrected chi connectivity index (χ2v) is 9.73. The van der Waals surface area contributed by atoms with Crippen molar-refractivity contribution in [3.8, 4) is 0 Å². The minimum absolute atomic E-state index is 0.317. The molecule has 5 nitrogen and oxygen atoms in total. The van der Waals surface area contributed by atoms with E-state index < -0.39 is 0 Å². The van der Waals surface area contributed by atoms with Crippen LogP contribution in [0.1, 0.15) is 45.4 Å².